The maximum atomic E-state index is 13.4. The lowest BCUT2D eigenvalue weighted by Gasteiger charge is -2.13. The number of benzene rings is 1. The van der Waals surface area contributed by atoms with Gasteiger partial charge in [-0.3, -0.25) is 0 Å². The molecule has 0 spiro atoms. The maximum absolute atomic E-state index is 13.4. The minimum atomic E-state index is -4.06. The number of rotatable bonds is 1. The second-order valence-corrected chi connectivity index (χ2v) is 4.35. The first-order valence-electron chi connectivity index (χ1n) is 4.68. The van der Waals surface area contributed by atoms with Gasteiger partial charge in [0.1, 0.15) is 0 Å². The molecule has 0 N–H and O–H groups in total. The van der Waals surface area contributed by atoms with E-state index in [0.717, 1.165) is 6.07 Å². The summed E-state index contributed by atoms with van der Waals surface area (Å²) in [5.74, 6) is 0. The van der Waals surface area contributed by atoms with Crippen LogP contribution in [0.4, 0.5) is 17.6 Å². The quantitative estimate of drug-likeness (QED) is 0.682. The number of fused-ring (bicyclic) bond motifs is 1. The zero-order valence-electron chi connectivity index (χ0n) is 8.46. The van der Waals surface area contributed by atoms with Gasteiger partial charge in [0.05, 0.1) is 21.2 Å². The van der Waals surface area contributed by atoms with Crippen LogP contribution in [0.1, 0.15) is 23.6 Å². The third kappa shape index (κ3) is 1.80. The lowest BCUT2D eigenvalue weighted by molar-refractivity contribution is -0.369. The van der Waals surface area contributed by atoms with Crippen molar-refractivity contribution in [1.29, 1.82) is 0 Å². The summed E-state index contributed by atoms with van der Waals surface area (Å²) in [5, 5.41) is -0.336. The molecule has 0 unspecified atom stereocenters. The average molecular weight is 289 g/mol. The normalized spacial score (nSPS) is 20.4. The first kappa shape index (κ1) is 12.9. The summed E-state index contributed by atoms with van der Waals surface area (Å²) in [6.07, 6.45) is -8.06. The molecule has 17 heavy (non-hydrogen) atoms. The minimum absolute atomic E-state index is 0.0523. The van der Waals surface area contributed by atoms with Gasteiger partial charge < -0.3 is 0 Å². The Bertz CT molecular complexity index is 488. The molecule has 1 aromatic carbocycles. The van der Waals surface area contributed by atoms with Gasteiger partial charge in [-0.2, -0.15) is 17.6 Å². The van der Waals surface area contributed by atoms with Crippen molar-refractivity contribution < 1.29 is 22.3 Å². The molecule has 1 heterocycles. The molecule has 0 fully saturated rings. The summed E-state index contributed by atoms with van der Waals surface area (Å²) < 4.78 is 56.8. The van der Waals surface area contributed by atoms with E-state index < -0.39 is 23.3 Å². The fourth-order valence-corrected chi connectivity index (χ4v) is 2.35. The molecular weight excluding hydrogens is 283 g/mol. The second kappa shape index (κ2) is 3.73. The van der Waals surface area contributed by atoms with Crippen LogP contribution < -0.4 is 0 Å². The maximum Gasteiger partial charge on any atom is 0.388 e. The highest BCUT2D eigenvalue weighted by molar-refractivity contribution is 6.42. The topological polar surface area (TPSA) is 9.23 Å². The molecule has 94 valence electrons. The van der Waals surface area contributed by atoms with E-state index in [2.05, 4.69) is 4.74 Å². The number of halogens is 6. The van der Waals surface area contributed by atoms with Crippen LogP contribution in [-0.2, 0) is 23.4 Å². The van der Waals surface area contributed by atoms with Gasteiger partial charge in [0.25, 0.3) is 0 Å². The summed E-state index contributed by atoms with van der Waals surface area (Å²) in [7, 11) is 0. The largest absolute Gasteiger partial charge is 0.388 e. The Labute approximate surface area is 104 Å². The molecular formula is C10H6Cl2F4O. The zero-order valence-corrected chi connectivity index (χ0v) is 9.97. The molecule has 0 saturated heterocycles. The van der Waals surface area contributed by atoms with Crippen LogP contribution in [0.2, 0.25) is 10.0 Å². The van der Waals surface area contributed by atoms with Crippen molar-refractivity contribution in [1.82, 2.24) is 0 Å². The monoisotopic (exact) mass is 288 g/mol. The molecule has 1 aliphatic heterocycles. The number of hydrogen-bond donors (Lipinski definition) is 0. The van der Waals surface area contributed by atoms with Crippen molar-refractivity contribution in [2.24, 2.45) is 0 Å². The van der Waals surface area contributed by atoms with Crippen molar-refractivity contribution >= 4 is 23.2 Å². The Morgan fingerprint density at radius 2 is 1.76 bits per heavy atom. The molecule has 0 radical (unpaired) electrons. The lowest BCUT2D eigenvalue weighted by atomic mass is 9.99. The fraction of sp³-hybridized carbons (Fsp3) is 0.400. The van der Waals surface area contributed by atoms with E-state index >= 15 is 0 Å². The van der Waals surface area contributed by atoms with E-state index in [9.17, 15) is 17.6 Å². The number of hydrogen-bond acceptors (Lipinski definition) is 1. The van der Waals surface area contributed by atoms with E-state index in [1.165, 1.54) is 6.92 Å². The van der Waals surface area contributed by atoms with E-state index in [0.29, 0.717) is 0 Å². The van der Waals surface area contributed by atoms with Crippen LogP contribution in [0, 0.1) is 0 Å². The van der Waals surface area contributed by atoms with Crippen LogP contribution in [0.15, 0.2) is 6.07 Å². The second-order valence-electron chi connectivity index (χ2n) is 3.56. The van der Waals surface area contributed by atoms with Gasteiger partial charge in [0.2, 0.25) is 0 Å². The van der Waals surface area contributed by atoms with Crippen LogP contribution in [0.3, 0.4) is 0 Å². The predicted octanol–water partition coefficient (Wildman–Crippen LogP) is 4.68. The van der Waals surface area contributed by atoms with Crippen LogP contribution in [-0.4, -0.2) is 0 Å². The molecule has 0 amide bonds. The molecule has 1 aromatic rings. The molecule has 7 heteroatoms. The van der Waals surface area contributed by atoms with Gasteiger partial charge in [0.15, 0.2) is 0 Å². The van der Waals surface area contributed by atoms with Crippen molar-refractivity contribution in [3.8, 4) is 0 Å². The highest BCUT2D eigenvalue weighted by Crippen LogP contribution is 2.54. The van der Waals surface area contributed by atoms with Crippen LogP contribution >= 0.6 is 23.2 Å². The summed E-state index contributed by atoms with van der Waals surface area (Å²) >= 11 is 11.4. The first-order valence-corrected chi connectivity index (χ1v) is 5.44. The lowest BCUT2D eigenvalue weighted by Crippen LogP contribution is -2.18. The Kier molecular flexibility index (Phi) is 2.84. The SMILES string of the molecule is CCc1c(Cl)c(Cl)cc2c1C(F)(F)OC2(F)F. The van der Waals surface area contributed by atoms with Crippen molar-refractivity contribution in [3.05, 3.63) is 32.8 Å². The number of alkyl halides is 4. The molecule has 1 nitrogen and oxygen atoms in total. The Morgan fingerprint density at radius 1 is 1.18 bits per heavy atom. The molecule has 2 rings (SSSR count). The van der Waals surface area contributed by atoms with E-state index in [-0.39, 0.29) is 22.0 Å². The van der Waals surface area contributed by atoms with Crippen molar-refractivity contribution in [2.75, 3.05) is 0 Å². The van der Waals surface area contributed by atoms with E-state index in [1.807, 2.05) is 0 Å². The fourth-order valence-electron chi connectivity index (χ4n) is 1.84. The molecule has 0 saturated carbocycles. The van der Waals surface area contributed by atoms with Gasteiger partial charge in [-0.25, -0.2) is 4.74 Å². The van der Waals surface area contributed by atoms with E-state index in [4.69, 9.17) is 23.2 Å². The highest BCUT2D eigenvalue weighted by Gasteiger charge is 2.58. The van der Waals surface area contributed by atoms with Crippen molar-refractivity contribution in [2.45, 2.75) is 25.6 Å². The van der Waals surface area contributed by atoms with Gasteiger partial charge in [-0.15, -0.1) is 0 Å². The molecule has 1 aliphatic rings. The number of ether oxygens (including phenoxy) is 1. The van der Waals surface area contributed by atoms with Crippen molar-refractivity contribution in [3.63, 3.8) is 0 Å². The van der Waals surface area contributed by atoms with Crippen LogP contribution in [0.5, 0.6) is 0 Å². The van der Waals surface area contributed by atoms with Crippen LogP contribution in [0.25, 0.3) is 0 Å². The minimum Gasteiger partial charge on any atom is -0.247 e. The van der Waals surface area contributed by atoms with Gasteiger partial charge >= 0.3 is 12.2 Å². The molecule has 0 bridgehead atoms. The third-order valence-electron chi connectivity index (χ3n) is 2.53. The Morgan fingerprint density at radius 3 is 2.29 bits per heavy atom. The summed E-state index contributed by atoms with van der Waals surface area (Å²) in [6, 6.07) is 0.722. The van der Waals surface area contributed by atoms with Gasteiger partial charge in [0, 0.05) is 0 Å². The molecule has 0 aliphatic carbocycles. The first-order chi connectivity index (χ1) is 7.70. The summed E-state index contributed by atoms with van der Waals surface area (Å²) in [4.78, 5) is 0. The van der Waals surface area contributed by atoms with Gasteiger partial charge in [-0.05, 0) is 18.1 Å². The highest BCUT2D eigenvalue weighted by atomic mass is 35.5. The average Bonchev–Trinajstić information content (AvgIpc) is 2.35. The third-order valence-corrected chi connectivity index (χ3v) is 3.36. The molecule has 0 aromatic heterocycles. The summed E-state index contributed by atoms with van der Waals surface area (Å²) in [5.41, 5.74) is -1.91. The Hall–Kier alpha value is -0.520. The van der Waals surface area contributed by atoms with Gasteiger partial charge in [-0.1, -0.05) is 30.1 Å². The zero-order chi connectivity index (χ0) is 13.0. The molecule has 0 atom stereocenters. The standard InChI is InChI=1S/C10H6Cl2F4O/c1-2-4-7-5(3-6(11)8(4)12)9(13,14)17-10(7,15)16/h3H,2H2,1H3. The predicted molar refractivity (Wildman–Crippen MR) is 54.7 cm³/mol. The Balaban J connectivity index is 2.83. The van der Waals surface area contributed by atoms with E-state index in [1.54, 1.807) is 0 Å². The smallest absolute Gasteiger partial charge is 0.247 e. The summed E-state index contributed by atoms with van der Waals surface area (Å²) in [6.45, 7) is 1.52.